The van der Waals surface area contributed by atoms with E-state index in [1.54, 1.807) is 23.1 Å². The van der Waals surface area contributed by atoms with Gasteiger partial charge >= 0.3 is 0 Å². The lowest BCUT2D eigenvalue weighted by molar-refractivity contribution is -0.132. The van der Waals surface area contributed by atoms with Crippen molar-refractivity contribution in [3.8, 4) is 22.6 Å². The molecule has 8 nitrogen and oxygen atoms in total. The summed E-state index contributed by atoms with van der Waals surface area (Å²) in [4.78, 5) is 30.5. The van der Waals surface area contributed by atoms with Crippen molar-refractivity contribution in [1.29, 1.82) is 0 Å². The van der Waals surface area contributed by atoms with Gasteiger partial charge in [-0.15, -0.1) is 0 Å². The van der Waals surface area contributed by atoms with Gasteiger partial charge in [0.25, 0.3) is 0 Å². The number of anilines is 1. The van der Waals surface area contributed by atoms with Gasteiger partial charge in [0.1, 0.15) is 6.54 Å². The first-order valence-corrected chi connectivity index (χ1v) is 11.4. The molecule has 0 N–H and O–H groups in total. The van der Waals surface area contributed by atoms with Gasteiger partial charge in [0, 0.05) is 50.3 Å². The number of nitrogens with zero attached hydrogens (tertiary/aromatic N) is 7. The molecule has 1 aliphatic rings. The van der Waals surface area contributed by atoms with Crippen LogP contribution in [0.4, 0.5) is 5.95 Å². The number of carbonyl (C=O) groups is 1. The third kappa shape index (κ3) is 4.52. The fourth-order valence-corrected chi connectivity index (χ4v) is 4.10. The fourth-order valence-electron chi connectivity index (χ4n) is 4.10. The van der Waals surface area contributed by atoms with Gasteiger partial charge in [0.05, 0.1) is 17.1 Å². The van der Waals surface area contributed by atoms with E-state index >= 15 is 0 Å². The number of rotatable bonds is 5. The summed E-state index contributed by atoms with van der Waals surface area (Å²) in [5, 5.41) is 4.81. The minimum atomic E-state index is 0.0430. The van der Waals surface area contributed by atoms with Crippen molar-refractivity contribution in [3.05, 3.63) is 78.2 Å². The summed E-state index contributed by atoms with van der Waals surface area (Å²) >= 11 is 0. The monoisotopic (exact) mass is 453 g/mol. The Hall–Kier alpha value is -4.07. The van der Waals surface area contributed by atoms with Crippen LogP contribution in [-0.2, 0) is 11.3 Å². The number of amides is 1. The Morgan fingerprint density at radius 3 is 2.29 bits per heavy atom. The molecular weight excluding hydrogens is 426 g/mol. The standard InChI is InChI=1S/C26H27N7O/c1-19-15-23(29-17-20(19)2)24-16-22(21-7-4-3-5-8-21)30-33(24)18-25(34)31-11-13-32(14-12-31)26-27-9-6-10-28-26/h3-10,15-17H,11-14,18H2,1-2H3. The summed E-state index contributed by atoms with van der Waals surface area (Å²) in [6.07, 6.45) is 5.35. The van der Waals surface area contributed by atoms with E-state index < -0.39 is 0 Å². The highest BCUT2D eigenvalue weighted by Crippen LogP contribution is 2.26. The zero-order chi connectivity index (χ0) is 23.5. The Morgan fingerprint density at radius 1 is 0.853 bits per heavy atom. The Kier molecular flexibility index (Phi) is 6.03. The van der Waals surface area contributed by atoms with Crippen LogP contribution in [0.2, 0.25) is 0 Å². The van der Waals surface area contributed by atoms with Crippen LogP contribution in [-0.4, -0.2) is 61.7 Å². The van der Waals surface area contributed by atoms with Crippen LogP contribution < -0.4 is 4.90 Å². The van der Waals surface area contributed by atoms with Gasteiger partial charge in [0.15, 0.2) is 0 Å². The van der Waals surface area contributed by atoms with E-state index in [-0.39, 0.29) is 12.5 Å². The summed E-state index contributed by atoms with van der Waals surface area (Å²) in [7, 11) is 0. The number of aromatic nitrogens is 5. The lowest BCUT2D eigenvalue weighted by Gasteiger charge is -2.34. The summed E-state index contributed by atoms with van der Waals surface area (Å²) in [6.45, 7) is 6.94. The quantitative estimate of drug-likeness (QED) is 0.461. The first-order valence-electron chi connectivity index (χ1n) is 11.4. The lowest BCUT2D eigenvalue weighted by Crippen LogP contribution is -2.50. The molecule has 0 saturated carbocycles. The van der Waals surface area contributed by atoms with Gasteiger partial charge < -0.3 is 9.80 Å². The highest BCUT2D eigenvalue weighted by atomic mass is 16.2. The van der Waals surface area contributed by atoms with Gasteiger partial charge in [-0.2, -0.15) is 5.10 Å². The maximum Gasteiger partial charge on any atom is 0.244 e. The van der Waals surface area contributed by atoms with Gasteiger partial charge in [-0.05, 0) is 43.2 Å². The smallest absolute Gasteiger partial charge is 0.244 e. The number of piperazine rings is 1. The van der Waals surface area contributed by atoms with Crippen LogP contribution in [0.15, 0.2) is 67.1 Å². The summed E-state index contributed by atoms with van der Waals surface area (Å²) < 4.78 is 1.79. The maximum absolute atomic E-state index is 13.3. The normalized spacial score (nSPS) is 13.8. The molecule has 34 heavy (non-hydrogen) atoms. The SMILES string of the molecule is Cc1cnc(-c2cc(-c3ccccc3)nn2CC(=O)N2CCN(c3ncccn3)CC2)cc1C. The molecule has 0 radical (unpaired) electrons. The van der Waals surface area contributed by atoms with E-state index in [0.29, 0.717) is 32.1 Å². The van der Waals surface area contributed by atoms with Crippen LogP contribution in [0.5, 0.6) is 0 Å². The topological polar surface area (TPSA) is 80.0 Å². The summed E-state index contributed by atoms with van der Waals surface area (Å²) in [6, 6.07) is 15.9. The summed E-state index contributed by atoms with van der Waals surface area (Å²) in [5.74, 6) is 0.749. The number of hydrogen-bond donors (Lipinski definition) is 0. The van der Waals surface area contributed by atoms with Gasteiger partial charge in [-0.25, -0.2) is 9.97 Å². The average Bonchev–Trinajstić information content (AvgIpc) is 3.30. The van der Waals surface area contributed by atoms with Gasteiger partial charge in [-0.1, -0.05) is 30.3 Å². The van der Waals surface area contributed by atoms with Crippen LogP contribution in [0.3, 0.4) is 0 Å². The van der Waals surface area contributed by atoms with Crippen molar-refractivity contribution < 1.29 is 4.79 Å². The third-order valence-electron chi connectivity index (χ3n) is 6.24. The number of carbonyl (C=O) groups excluding carboxylic acids is 1. The molecule has 1 amide bonds. The number of hydrogen-bond acceptors (Lipinski definition) is 6. The second kappa shape index (κ2) is 9.43. The van der Waals surface area contributed by atoms with E-state index in [0.717, 1.165) is 33.8 Å². The molecule has 1 fully saturated rings. The average molecular weight is 454 g/mol. The van der Waals surface area contributed by atoms with Crippen molar-refractivity contribution in [2.24, 2.45) is 0 Å². The largest absolute Gasteiger partial charge is 0.338 e. The zero-order valence-electron chi connectivity index (χ0n) is 19.4. The van der Waals surface area contributed by atoms with Gasteiger partial charge in [0.2, 0.25) is 11.9 Å². The molecule has 0 unspecified atom stereocenters. The van der Waals surface area contributed by atoms with Crippen LogP contribution >= 0.6 is 0 Å². The Morgan fingerprint density at radius 2 is 1.59 bits per heavy atom. The van der Waals surface area contributed by atoms with Crippen molar-refractivity contribution in [3.63, 3.8) is 0 Å². The molecule has 5 rings (SSSR count). The summed E-state index contributed by atoms with van der Waals surface area (Å²) in [5.41, 5.74) is 5.78. The minimum Gasteiger partial charge on any atom is -0.338 e. The Labute approximate surface area is 198 Å². The van der Waals surface area contributed by atoms with Crippen LogP contribution in [0.25, 0.3) is 22.6 Å². The molecule has 4 aromatic rings. The van der Waals surface area contributed by atoms with Crippen molar-refractivity contribution in [1.82, 2.24) is 29.6 Å². The van der Waals surface area contributed by atoms with Crippen LogP contribution in [0.1, 0.15) is 11.1 Å². The van der Waals surface area contributed by atoms with E-state index in [4.69, 9.17) is 5.10 Å². The second-order valence-corrected chi connectivity index (χ2v) is 8.51. The highest BCUT2D eigenvalue weighted by molar-refractivity contribution is 5.78. The van der Waals surface area contributed by atoms with E-state index in [1.165, 1.54) is 0 Å². The number of aryl methyl sites for hydroxylation is 2. The molecule has 0 spiro atoms. The first kappa shape index (κ1) is 21.8. The molecule has 8 heteroatoms. The molecule has 1 saturated heterocycles. The number of benzene rings is 1. The molecule has 172 valence electrons. The van der Waals surface area contributed by atoms with E-state index in [9.17, 15) is 4.79 Å². The van der Waals surface area contributed by atoms with Crippen molar-refractivity contribution >= 4 is 11.9 Å². The molecule has 0 bridgehead atoms. The first-order chi connectivity index (χ1) is 16.6. The molecule has 4 heterocycles. The Bertz CT molecular complexity index is 1280. The molecule has 0 aliphatic carbocycles. The van der Waals surface area contributed by atoms with E-state index in [2.05, 4.69) is 32.8 Å². The lowest BCUT2D eigenvalue weighted by atomic mass is 10.1. The van der Waals surface area contributed by atoms with Crippen molar-refractivity contribution in [2.45, 2.75) is 20.4 Å². The Balaban J connectivity index is 1.37. The van der Waals surface area contributed by atoms with E-state index in [1.807, 2.05) is 54.4 Å². The van der Waals surface area contributed by atoms with Crippen LogP contribution in [0, 0.1) is 13.8 Å². The maximum atomic E-state index is 13.3. The molecular formula is C26H27N7O. The second-order valence-electron chi connectivity index (χ2n) is 8.51. The molecule has 1 aliphatic heterocycles. The predicted octanol–water partition coefficient (Wildman–Crippen LogP) is 3.37. The zero-order valence-corrected chi connectivity index (χ0v) is 19.4. The fraction of sp³-hybridized carbons (Fsp3) is 0.269. The van der Waals surface area contributed by atoms with Gasteiger partial charge in [-0.3, -0.25) is 14.5 Å². The molecule has 0 atom stereocenters. The molecule has 1 aromatic carbocycles. The van der Waals surface area contributed by atoms with Crippen molar-refractivity contribution in [2.75, 3.05) is 31.1 Å². The third-order valence-corrected chi connectivity index (χ3v) is 6.24. The predicted molar refractivity (Wildman–Crippen MR) is 131 cm³/mol. The number of pyridine rings is 1. The highest BCUT2D eigenvalue weighted by Gasteiger charge is 2.24. The minimum absolute atomic E-state index is 0.0430. The molecule has 3 aromatic heterocycles.